The quantitative estimate of drug-likeness (QED) is 0.943. The maximum atomic E-state index is 12.7. The summed E-state index contributed by atoms with van der Waals surface area (Å²) in [7, 11) is 2.70. The average Bonchev–Trinajstić information content (AvgIpc) is 2.79. The number of aliphatic hydroxyl groups excluding tert-OH is 1. The lowest BCUT2D eigenvalue weighted by atomic mass is 10.1. The first kappa shape index (κ1) is 14.4. The van der Waals surface area contributed by atoms with Gasteiger partial charge < -0.3 is 14.4 Å². The summed E-state index contributed by atoms with van der Waals surface area (Å²) in [5.41, 5.74) is 1.22. The Labute approximate surface area is 113 Å². The van der Waals surface area contributed by atoms with E-state index in [1.165, 1.54) is 20.4 Å². The molecule has 0 aliphatic heterocycles. The van der Waals surface area contributed by atoms with E-state index in [0.29, 0.717) is 16.9 Å². The summed E-state index contributed by atoms with van der Waals surface area (Å²) in [5.74, 6) is -0.607. The van der Waals surface area contributed by atoms with Gasteiger partial charge in [0.1, 0.15) is 5.75 Å². The second-order valence-corrected chi connectivity index (χ2v) is 4.25. The summed E-state index contributed by atoms with van der Waals surface area (Å²) >= 11 is 0. The lowest BCUT2D eigenvalue weighted by Crippen LogP contribution is -2.12. The third-order valence-corrected chi connectivity index (χ3v) is 2.85. The van der Waals surface area contributed by atoms with E-state index < -0.39 is 12.0 Å². The molecule has 1 aromatic heterocycles. The van der Waals surface area contributed by atoms with Gasteiger partial charge >= 0.3 is 6.18 Å². The summed E-state index contributed by atoms with van der Waals surface area (Å²) in [6.45, 7) is -0.174. The first-order valence-corrected chi connectivity index (χ1v) is 5.75. The highest BCUT2D eigenvalue weighted by Crippen LogP contribution is 2.34. The van der Waals surface area contributed by atoms with Gasteiger partial charge in [0.05, 0.1) is 19.4 Å². The van der Waals surface area contributed by atoms with Crippen LogP contribution in [-0.2, 0) is 19.8 Å². The molecule has 0 atom stereocenters. The zero-order chi connectivity index (χ0) is 14.9. The molecule has 2 aromatic rings. The molecule has 108 valence electrons. The molecule has 0 bridgehead atoms. The van der Waals surface area contributed by atoms with Crippen LogP contribution in [0.5, 0.6) is 5.75 Å². The Balaban J connectivity index is 2.52. The van der Waals surface area contributed by atoms with Gasteiger partial charge in [0.15, 0.2) is 0 Å². The van der Waals surface area contributed by atoms with E-state index in [4.69, 9.17) is 9.84 Å². The SMILES string of the molecule is COc1cc(CO)ccc1-c1cn(C)c(C(F)(F)F)n1. The second kappa shape index (κ2) is 5.16. The highest BCUT2D eigenvalue weighted by Gasteiger charge is 2.36. The number of aromatic nitrogens is 2. The van der Waals surface area contributed by atoms with Crippen molar-refractivity contribution in [3.63, 3.8) is 0 Å². The van der Waals surface area contributed by atoms with Crippen LogP contribution in [0.15, 0.2) is 24.4 Å². The van der Waals surface area contributed by atoms with E-state index in [-0.39, 0.29) is 12.3 Å². The predicted octanol–water partition coefficient (Wildman–Crippen LogP) is 2.61. The maximum Gasteiger partial charge on any atom is 0.449 e. The van der Waals surface area contributed by atoms with Crippen LogP contribution < -0.4 is 4.74 Å². The molecule has 0 fully saturated rings. The average molecular weight is 286 g/mol. The van der Waals surface area contributed by atoms with Gasteiger partial charge in [0.25, 0.3) is 0 Å². The van der Waals surface area contributed by atoms with Crippen LogP contribution in [0.25, 0.3) is 11.3 Å². The molecule has 0 spiro atoms. The number of benzene rings is 1. The molecule has 0 saturated heterocycles. The summed E-state index contributed by atoms with van der Waals surface area (Å²) < 4.78 is 44.3. The van der Waals surface area contributed by atoms with Gasteiger partial charge in [0.2, 0.25) is 5.82 Å². The molecule has 1 N–H and O–H groups in total. The van der Waals surface area contributed by atoms with E-state index in [1.54, 1.807) is 18.2 Å². The van der Waals surface area contributed by atoms with Crippen molar-refractivity contribution >= 4 is 0 Å². The molecule has 0 aliphatic rings. The Kier molecular flexibility index (Phi) is 3.71. The van der Waals surface area contributed by atoms with Crippen LogP contribution >= 0.6 is 0 Å². The third kappa shape index (κ3) is 2.62. The van der Waals surface area contributed by atoms with Crippen molar-refractivity contribution in [3.8, 4) is 17.0 Å². The molecular formula is C13H13F3N2O2. The summed E-state index contributed by atoms with van der Waals surface area (Å²) in [4.78, 5) is 3.61. The predicted molar refractivity (Wildman–Crippen MR) is 66.1 cm³/mol. The van der Waals surface area contributed by atoms with Gasteiger partial charge in [-0.05, 0) is 17.7 Å². The van der Waals surface area contributed by atoms with Crippen LogP contribution in [0.2, 0.25) is 0 Å². The van der Waals surface area contributed by atoms with Gasteiger partial charge in [-0.2, -0.15) is 13.2 Å². The number of halogens is 3. The zero-order valence-corrected chi connectivity index (χ0v) is 10.9. The van der Waals surface area contributed by atoms with E-state index in [9.17, 15) is 13.2 Å². The van der Waals surface area contributed by atoms with Gasteiger partial charge in [-0.25, -0.2) is 4.98 Å². The molecule has 1 heterocycles. The van der Waals surface area contributed by atoms with Gasteiger partial charge in [-0.1, -0.05) is 6.07 Å². The molecule has 0 amide bonds. The van der Waals surface area contributed by atoms with E-state index >= 15 is 0 Å². The zero-order valence-electron chi connectivity index (χ0n) is 10.9. The first-order chi connectivity index (χ1) is 9.36. The highest BCUT2D eigenvalue weighted by atomic mass is 19.4. The highest BCUT2D eigenvalue weighted by molar-refractivity contribution is 5.67. The Morgan fingerprint density at radius 3 is 2.55 bits per heavy atom. The van der Waals surface area contributed by atoms with Crippen molar-refractivity contribution in [1.29, 1.82) is 0 Å². The number of methoxy groups -OCH3 is 1. The fourth-order valence-electron chi connectivity index (χ4n) is 1.91. The fraction of sp³-hybridized carbons (Fsp3) is 0.308. The van der Waals surface area contributed by atoms with E-state index in [0.717, 1.165) is 4.57 Å². The fourth-order valence-corrected chi connectivity index (χ4v) is 1.91. The van der Waals surface area contributed by atoms with Crippen molar-refractivity contribution in [3.05, 3.63) is 35.8 Å². The normalized spacial score (nSPS) is 11.7. The van der Waals surface area contributed by atoms with Crippen LogP contribution in [0, 0.1) is 0 Å². The number of aliphatic hydroxyl groups is 1. The van der Waals surface area contributed by atoms with Gasteiger partial charge in [0, 0.05) is 18.8 Å². The lowest BCUT2D eigenvalue weighted by Gasteiger charge is -2.08. The monoisotopic (exact) mass is 286 g/mol. The van der Waals surface area contributed by atoms with Crippen LogP contribution in [0.4, 0.5) is 13.2 Å². The number of imidazole rings is 1. The van der Waals surface area contributed by atoms with Crippen molar-refractivity contribution in [2.75, 3.05) is 7.11 Å². The molecule has 7 heteroatoms. The minimum Gasteiger partial charge on any atom is -0.496 e. The van der Waals surface area contributed by atoms with Crippen LogP contribution in [0.3, 0.4) is 0 Å². The minimum absolute atomic E-state index is 0.168. The van der Waals surface area contributed by atoms with Gasteiger partial charge in [-0.15, -0.1) is 0 Å². The second-order valence-electron chi connectivity index (χ2n) is 4.25. The summed E-state index contributed by atoms with van der Waals surface area (Å²) in [5, 5.41) is 9.05. The number of nitrogens with zero attached hydrogens (tertiary/aromatic N) is 2. The molecule has 20 heavy (non-hydrogen) atoms. The summed E-state index contributed by atoms with van der Waals surface area (Å²) in [6, 6.07) is 4.75. The first-order valence-electron chi connectivity index (χ1n) is 5.75. The largest absolute Gasteiger partial charge is 0.496 e. The Morgan fingerprint density at radius 2 is 2.05 bits per heavy atom. The molecule has 4 nitrogen and oxygen atoms in total. The Morgan fingerprint density at radius 1 is 1.35 bits per heavy atom. The van der Waals surface area contributed by atoms with Gasteiger partial charge in [-0.3, -0.25) is 0 Å². The molecule has 0 radical (unpaired) electrons. The summed E-state index contributed by atoms with van der Waals surface area (Å²) in [6.07, 6.45) is -3.22. The van der Waals surface area contributed by atoms with Crippen molar-refractivity contribution < 1.29 is 23.0 Å². The van der Waals surface area contributed by atoms with Crippen LogP contribution in [0.1, 0.15) is 11.4 Å². The number of hydrogen-bond acceptors (Lipinski definition) is 3. The van der Waals surface area contributed by atoms with E-state index in [1.807, 2.05) is 0 Å². The Bertz CT molecular complexity index is 621. The van der Waals surface area contributed by atoms with Crippen LogP contribution in [-0.4, -0.2) is 21.8 Å². The molecule has 2 rings (SSSR count). The Hall–Kier alpha value is -2.02. The van der Waals surface area contributed by atoms with E-state index in [2.05, 4.69) is 4.98 Å². The number of hydrogen-bond donors (Lipinski definition) is 1. The van der Waals surface area contributed by atoms with Crippen molar-refractivity contribution in [2.24, 2.45) is 7.05 Å². The molecule has 0 saturated carbocycles. The standard InChI is InChI=1S/C13H13F3N2O2/c1-18-6-10(17-12(18)13(14,15)16)9-4-3-8(7-19)5-11(9)20-2/h3-6,19H,7H2,1-2H3. The number of aryl methyl sites for hydroxylation is 1. The van der Waals surface area contributed by atoms with Crippen molar-refractivity contribution in [1.82, 2.24) is 9.55 Å². The lowest BCUT2D eigenvalue weighted by molar-refractivity contribution is -0.146. The maximum absolute atomic E-state index is 12.7. The van der Waals surface area contributed by atoms with Crippen molar-refractivity contribution in [2.45, 2.75) is 12.8 Å². The molecular weight excluding hydrogens is 273 g/mol. The number of rotatable bonds is 3. The number of alkyl halides is 3. The smallest absolute Gasteiger partial charge is 0.449 e. The molecule has 0 aliphatic carbocycles. The topological polar surface area (TPSA) is 47.3 Å². The molecule has 0 unspecified atom stereocenters. The number of ether oxygens (including phenoxy) is 1. The molecule has 1 aromatic carbocycles. The minimum atomic E-state index is -4.51. The third-order valence-electron chi connectivity index (χ3n) is 2.85.